The van der Waals surface area contributed by atoms with Gasteiger partial charge < -0.3 is 5.73 Å². The van der Waals surface area contributed by atoms with Gasteiger partial charge in [-0.15, -0.1) is 0 Å². The van der Waals surface area contributed by atoms with E-state index < -0.39 is 11.7 Å². The molecule has 0 amide bonds. The standard InChI is InChI=1S/C11H9ClF3N3/c12-6-1-2-8-7(5-6)17-9(16)18(8)10(3-4-10)11(13,14)15/h1-2,5H,3-4H2,(H2,16,17). The van der Waals surface area contributed by atoms with Crippen LogP contribution in [0.15, 0.2) is 18.2 Å². The lowest BCUT2D eigenvalue weighted by Crippen LogP contribution is -2.35. The summed E-state index contributed by atoms with van der Waals surface area (Å²) in [6.45, 7) is 0. The molecule has 3 rings (SSSR count). The Morgan fingerprint density at radius 1 is 1.33 bits per heavy atom. The highest BCUT2D eigenvalue weighted by Gasteiger charge is 2.65. The van der Waals surface area contributed by atoms with E-state index in [1.807, 2.05) is 0 Å². The molecular weight excluding hydrogens is 267 g/mol. The first kappa shape index (κ1) is 11.6. The van der Waals surface area contributed by atoms with E-state index >= 15 is 0 Å². The number of benzene rings is 1. The van der Waals surface area contributed by atoms with Gasteiger partial charge in [-0.05, 0) is 31.0 Å². The van der Waals surface area contributed by atoms with Gasteiger partial charge in [-0.1, -0.05) is 11.6 Å². The van der Waals surface area contributed by atoms with Crippen molar-refractivity contribution in [2.24, 2.45) is 0 Å². The Kier molecular flexibility index (Phi) is 2.15. The van der Waals surface area contributed by atoms with E-state index in [0.717, 1.165) is 4.57 Å². The van der Waals surface area contributed by atoms with Gasteiger partial charge in [-0.25, -0.2) is 4.98 Å². The third kappa shape index (κ3) is 1.41. The smallest absolute Gasteiger partial charge is 0.369 e. The number of aromatic nitrogens is 2. The van der Waals surface area contributed by atoms with Gasteiger partial charge >= 0.3 is 6.18 Å². The lowest BCUT2D eigenvalue weighted by atomic mass is 10.2. The molecule has 1 aromatic heterocycles. The topological polar surface area (TPSA) is 43.8 Å². The SMILES string of the molecule is Nc1nc2cc(Cl)ccc2n1C1(C(F)(F)F)CC1. The number of imidazole rings is 1. The highest BCUT2D eigenvalue weighted by atomic mass is 35.5. The van der Waals surface area contributed by atoms with Crippen LogP contribution in [0.25, 0.3) is 11.0 Å². The van der Waals surface area contributed by atoms with Gasteiger partial charge in [0.1, 0.15) is 5.54 Å². The Morgan fingerprint density at radius 2 is 2.00 bits per heavy atom. The van der Waals surface area contributed by atoms with E-state index in [9.17, 15) is 13.2 Å². The molecule has 1 fully saturated rings. The third-order valence-corrected chi connectivity index (χ3v) is 3.56. The van der Waals surface area contributed by atoms with E-state index in [2.05, 4.69) is 4.98 Å². The average Bonchev–Trinajstić information content (AvgIpc) is 2.97. The number of nitrogens with zero attached hydrogens (tertiary/aromatic N) is 2. The summed E-state index contributed by atoms with van der Waals surface area (Å²) in [6.07, 6.45) is -4.25. The van der Waals surface area contributed by atoms with E-state index in [4.69, 9.17) is 17.3 Å². The van der Waals surface area contributed by atoms with Gasteiger partial charge in [-0.2, -0.15) is 13.2 Å². The molecular formula is C11H9ClF3N3. The molecule has 1 aliphatic rings. The van der Waals surface area contributed by atoms with E-state index in [1.165, 1.54) is 18.2 Å². The predicted octanol–water partition coefficient (Wildman–Crippen LogP) is 3.32. The Labute approximate surface area is 105 Å². The average molecular weight is 276 g/mol. The zero-order valence-corrected chi connectivity index (χ0v) is 9.89. The van der Waals surface area contributed by atoms with Crippen LogP contribution in [0.1, 0.15) is 12.8 Å². The van der Waals surface area contributed by atoms with Crippen molar-refractivity contribution in [1.29, 1.82) is 0 Å². The number of hydrogen-bond donors (Lipinski definition) is 1. The Morgan fingerprint density at radius 3 is 2.56 bits per heavy atom. The van der Waals surface area contributed by atoms with E-state index in [0.29, 0.717) is 16.1 Å². The number of nitrogens with two attached hydrogens (primary N) is 1. The first-order chi connectivity index (χ1) is 8.35. The largest absolute Gasteiger partial charge is 0.412 e. The summed E-state index contributed by atoms with van der Waals surface area (Å²) in [7, 11) is 0. The number of alkyl halides is 3. The minimum atomic E-state index is -4.33. The lowest BCUT2D eigenvalue weighted by molar-refractivity contribution is -0.178. The van der Waals surface area contributed by atoms with Crippen molar-refractivity contribution in [3.8, 4) is 0 Å². The monoisotopic (exact) mass is 275 g/mol. The summed E-state index contributed by atoms with van der Waals surface area (Å²) < 4.78 is 40.4. The van der Waals surface area contributed by atoms with Crippen LogP contribution < -0.4 is 5.73 Å². The summed E-state index contributed by atoms with van der Waals surface area (Å²) in [4.78, 5) is 3.95. The van der Waals surface area contributed by atoms with Crippen molar-refractivity contribution in [3.05, 3.63) is 23.2 Å². The fraction of sp³-hybridized carbons (Fsp3) is 0.364. The molecule has 3 nitrogen and oxygen atoms in total. The fourth-order valence-corrected chi connectivity index (χ4v) is 2.44. The minimum Gasteiger partial charge on any atom is -0.369 e. The quantitative estimate of drug-likeness (QED) is 0.867. The first-order valence-corrected chi connectivity index (χ1v) is 5.74. The Balaban J connectivity index is 2.27. The second-order valence-electron chi connectivity index (χ2n) is 4.47. The predicted molar refractivity (Wildman–Crippen MR) is 62.4 cm³/mol. The van der Waals surface area contributed by atoms with Crippen molar-refractivity contribution >= 4 is 28.6 Å². The molecule has 0 radical (unpaired) electrons. The number of nitrogen functional groups attached to an aromatic ring is 1. The molecule has 1 aromatic carbocycles. The van der Waals surface area contributed by atoms with Crippen molar-refractivity contribution < 1.29 is 13.2 Å². The molecule has 0 saturated heterocycles. The van der Waals surface area contributed by atoms with Crippen molar-refractivity contribution in [2.45, 2.75) is 24.6 Å². The molecule has 0 atom stereocenters. The zero-order chi connectivity index (χ0) is 13.1. The molecule has 0 spiro atoms. The number of anilines is 1. The van der Waals surface area contributed by atoms with E-state index in [-0.39, 0.29) is 18.8 Å². The summed E-state index contributed by atoms with van der Waals surface area (Å²) in [6, 6.07) is 4.57. The molecule has 1 saturated carbocycles. The second kappa shape index (κ2) is 3.32. The number of fused-ring (bicyclic) bond motifs is 1. The van der Waals surface area contributed by atoms with Gasteiger partial charge in [-0.3, -0.25) is 4.57 Å². The maximum atomic E-state index is 13.1. The van der Waals surface area contributed by atoms with Gasteiger partial charge in [0.15, 0.2) is 0 Å². The molecule has 96 valence electrons. The normalized spacial score (nSPS) is 18.2. The van der Waals surface area contributed by atoms with Crippen LogP contribution in [-0.2, 0) is 5.54 Å². The van der Waals surface area contributed by atoms with Crippen LogP contribution in [0.4, 0.5) is 19.1 Å². The molecule has 1 aliphatic carbocycles. The van der Waals surface area contributed by atoms with E-state index in [1.54, 1.807) is 0 Å². The number of hydrogen-bond acceptors (Lipinski definition) is 2. The first-order valence-electron chi connectivity index (χ1n) is 5.36. The summed E-state index contributed by atoms with van der Waals surface area (Å²) in [5.41, 5.74) is 4.50. The third-order valence-electron chi connectivity index (χ3n) is 3.32. The number of rotatable bonds is 1. The van der Waals surface area contributed by atoms with Crippen LogP contribution >= 0.6 is 11.6 Å². The van der Waals surface area contributed by atoms with Crippen molar-refractivity contribution in [2.75, 3.05) is 5.73 Å². The minimum absolute atomic E-state index is 0.0365. The molecule has 1 heterocycles. The highest BCUT2D eigenvalue weighted by molar-refractivity contribution is 6.31. The Bertz CT molecular complexity index is 628. The summed E-state index contributed by atoms with van der Waals surface area (Å²) in [5.74, 6) is -0.123. The molecule has 0 aliphatic heterocycles. The fourth-order valence-electron chi connectivity index (χ4n) is 2.27. The van der Waals surface area contributed by atoms with Gasteiger partial charge in [0.25, 0.3) is 0 Å². The van der Waals surface area contributed by atoms with Gasteiger partial charge in [0.2, 0.25) is 5.95 Å². The van der Waals surface area contributed by atoms with Crippen LogP contribution in [-0.4, -0.2) is 15.7 Å². The molecule has 7 heteroatoms. The second-order valence-corrected chi connectivity index (χ2v) is 4.90. The summed E-state index contributed by atoms with van der Waals surface area (Å²) >= 11 is 5.79. The van der Waals surface area contributed by atoms with Gasteiger partial charge in [0.05, 0.1) is 11.0 Å². The van der Waals surface area contributed by atoms with Crippen LogP contribution in [0.2, 0.25) is 5.02 Å². The van der Waals surface area contributed by atoms with Crippen molar-refractivity contribution in [1.82, 2.24) is 9.55 Å². The maximum Gasteiger partial charge on any atom is 0.412 e. The summed E-state index contributed by atoms with van der Waals surface area (Å²) in [5, 5.41) is 0.420. The molecule has 18 heavy (non-hydrogen) atoms. The molecule has 2 N–H and O–H groups in total. The highest BCUT2D eigenvalue weighted by Crippen LogP contribution is 2.57. The maximum absolute atomic E-state index is 13.1. The molecule has 0 bridgehead atoms. The molecule has 2 aromatic rings. The van der Waals surface area contributed by atoms with Crippen molar-refractivity contribution in [3.63, 3.8) is 0 Å². The van der Waals surface area contributed by atoms with Gasteiger partial charge in [0, 0.05) is 5.02 Å². The number of halogens is 4. The Hall–Kier alpha value is -1.43. The lowest BCUT2D eigenvalue weighted by Gasteiger charge is -2.22. The zero-order valence-electron chi connectivity index (χ0n) is 9.13. The molecule has 0 unspecified atom stereocenters. The van der Waals surface area contributed by atoms with Crippen LogP contribution in [0, 0.1) is 0 Å². The van der Waals surface area contributed by atoms with Crippen LogP contribution in [0.3, 0.4) is 0 Å². The van der Waals surface area contributed by atoms with Crippen LogP contribution in [0.5, 0.6) is 0 Å².